The van der Waals surface area contributed by atoms with Crippen molar-refractivity contribution in [3.8, 4) is 0 Å². The minimum atomic E-state index is -0.879. The van der Waals surface area contributed by atoms with E-state index in [1.54, 1.807) is 0 Å². The molecule has 0 aromatic rings. The summed E-state index contributed by atoms with van der Waals surface area (Å²) < 4.78 is 12.3. The predicted molar refractivity (Wildman–Crippen MR) is 205 cm³/mol. The van der Waals surface area contributed by atoms with E-state index in [-0.39, 0.29) is 58.0 Å². The number of likely N-dealkylation sites (tertiary alicyclic amines) is 1. The zero-order valence-corrected chi connectivity index (χ0v) is 34.4. The molecule has 5 saturated carbocycles. The Kier molecular flexibility index (Phi) is 10.7. The summed E-state index contributed by atoms with van der Waals surface area (Å²) >= 11 is 0. The molecule has 6 aliphatic rings. The van der Waals surface area contributed by atoms with Crippen LogP contribution in [-0.2, 0) is 23.9 Å². The third-order valence-corrected chi connectivity index (χ3v) is 17.4. The minimum absolute atomic E-state index is 0.0439. The fourth-order valence-electron chi connectivity index (χ4n) is 14.7. The molecule has 6 fully saturated rings. The first kappa shape index (κ1) is 39.8. The van der Waals surface area contributed by atoms with Crippen molar-refractivity contribution in [3.63, 3.8) is 0 Å². The van der Waals surface area contributed by atoms with Gasteiger partial charge in [0, 0.05) is 12.0 Å². The van der Waals surface area contributed by atoms with Gasteiger partial charge >= 0.3 is 17.9 Å². The van der Waals surface area contributed by atoms with Crippen molar-refractivity contribution < 1.29 is 29.0 Å². The summed E-state index contributed by atoms with van der Waals surface area (Å²) in [6.45, 7) is 28.4. The highest BCUT2D eigenvalue weighted by atomic mass is 16.5. The smallest absolute Gasteiger partial charge is 0.320 e. The average molecular weight is 724 g/mol. The van der Waals surface area contributed by atoms with Gasteiger partial charge in [0.25, 0.3) is 0 Å². The molecular weight excluding hydrogens is 650 g/mol. The Bertz CT molecular complexity index is 1400. The van der Waals surface area contributed by atoms with E-state index in [9.17, 15) is 19.5 Å². The van der Waals surface area contributed by atoms with E-state index in [2.05, 4.69) is 59.9 Å². The second kappa shape index (κ2) is 14.0. The molecular formula is C45H73NO6. The molecule has 1 heterocycles. The Morgan fingerprint density at radius 2 is 1.58 bits per heavy atom. The molecule has 0 radical (unpaired) electrons. The van der Waals surface area contributed by atoms with E-state index in [1.807, 2.05) is 13.8 Å². The normalized spacial score (nSPS) is 42.7. The van der Waals surface area contributed by atoms with Crippen molar-refractivity contribution in [2.75, 3.05) is 26.2 Å². The molecule has 1 saturated heterocycles. The fraction of sp³-hybridized carbons (Fsp3) is 0.889. The summed E-state index contributed by atoms with van der Waals surface area (Å²) in [5.41, 5.74) is 1.44. The second-order valence-corrected chi connectivity index (χ2v) is 21.4. The molecule has 0 bridgehead atoms. The highest BCUT2D eigenvalue weighted by Gasteiger charge is 2.71. The standard InChI is InChI=1S/C45H73NO6/c1-29(2)31-13-19-45(22-24-51-38(50)28-46-23-16-30(3)27-46)21-20-43(9)32(39(31)45)11-12-34-42(8)17-15-35(41(6,7)33(42)14-18-44(34,43)10)52-37(49)26-40(4,5)25-36(47)48/h30-35,39H,1,11-28H2,2-10H3,(H,47,48)/t30?,31-,32+,33-,34+,35-,39+,42-,43+,44+,45+/m0/s1. The van der Waals surface area contributed by atoms with Gasteiger partial charge in [-0.05, 0) is 153 Å². The summed E-state index contributed by atoms with van der Waals surface area (Å²) in [5, 5.41) is 9.35. The largest absolute Gasteiger partial charge is 0.481 e. The third kappa shape index (κ3) is 6.82. The van der Waals surface area contributed by atoms with Crippen molar-refractivity contribution >= 4 is 17.9 Å². The zero-order chi connectivity index (χ0) is 38.1. The van der Waals surface area contributed by atoms with Gasteiger partial charge in [0.05, 0.1) is 26.0 Å². The van der Waals surface area contributed by atoms with Crippen molar-refractivity contribution in [2.24, 2.45) is 68.0 Å². The van der Waals surface area contributed by atoms with Crippen LogP contribution >= 0.6 is 0 Å². The van der Waals surface area contributed by atoms with Gasteiger partial charge in [-0.2, -0.15) is 0 Å². The number of allylic oxidation sites excluding steroid dienone is 1. The molecule has 52 heavy (non-hydrogen) atoms. The molecule has 6 rings (SSSR count). The van der Waals surface area contributed by atoms with Crippen LogP contribution in [0.4, 0.5) is 0 Å². The maximum absolute atomic E-state index is 13.2. The fourth-order valence-corrected chi connectivity index (χ4v) is 14.7. The van der Waals surface area contributed by atoms with Crippen LogP contribution in [0.1, 0.15) is 152 Å². The number of hydrogen-bond donors (Lipinski definition) is 1. The van der Waals surface area contributed by atoms with Crippen LogP contribution in [0.5, 0.6) is 0 Å². The summed E-state index contributed by atoms with van der Waals surface area (Å²) in [7, 11) is 0. The quantitative estimate of drug-likeness (QED) is 0.168. The van der Waals surface area contributed by atoms with E-state index in [0.717, 1.165) is 38.8 Å². The Morgan fingerprint density at radius 1 is 0.846 bits per heavy atom. The minimum Gasteiger partial charge on any atom is -0.481 e. The number of rotatable bonds is 11. The van der Waals surface area contributed by atoms with Crippen LogP contribution in [0.3, 0.4) is 0 Å². The lowest BCUT2D eigenvalue weighted by atomic mass is 9.32. The number of esters is 2. The molecule has 11 atom stereocenters. The van der Waals surface area contributed by atoms with Gasteiger partial charge in [-0.25, -0.2) is 0 Å². The topological polar surface area (TPSA) is 93.1 Å². The molecule has 1 N–H and O–H groups in total. The Hall–Kier alpha value is -1.89. The lowest BCUT2D eigenvalue weighted by Gasteiger charge is -2.73. The van der Waals surface area contributed by atoms with Gasteiger partial charge in [0.1, 0.15) is 6.10 Å². The van der Waals surface area contributed by atoms with Crippen molar-refractivity contribution in [2.45, 2.75) is 158 Å². The molecule has 7 nitrogen and oxygen atoms in total. The summed E-state index contributed by atoms with van der Waals surface area (Å²) in [4.78, 5) is 39.8. The number of aliphatic carboxylic acids is 1. The molecule has 0 aromatic heterocycles. The first-order chi connectivity index (χ1) is 24.2. The van der Waals surface area contributed by atoms with E-state index in [0.29, 0.717) is 48.7 Å². The summed E-state index contributed by atoms with van der Waals surface area (Å²) in [6, 6.07) is 0. The Morgan fingerprint density at radius 3 is 2.23 bits per heavy atom. The highest BCUT2D eigenvalue weighted by Crippen LogP contribution is 2.78. The van der Waals surface area contributed by atoms with Crippen LogP contribution in [0.25, 0.3) is 0 Å². The number of carboxylic acid groups (broad SMARTS) is 1. The van der Waals surface area contributed by atoms with Gasteiger partial charge in [-0.1, -0.05) is 67.5 Å². The lowest BCUT2D eigenvalue weighted by Crippen LogP contribution is -2.66. The Labute approximate surface area is 315 Å². The van der Waals surface area contributed by atoms with Crippen LogP contribution < -0.4 is 0 Å². The predicted octanol–water partition coefficient (Wildman–Crippen LogP) is 9.72. The molecule has 294 valence electrons. The molecule has 1 aliphatic heterocycles. The number of fused-ring (bicyclic) bond motifs is 7. The van der Waals surface area contributed by atoms with Crippen molar-refractivity contribution in [1.29, 1.82) is 0 Å². The van der Waals surface area contributed by atoms with Crippen LogP contribution in [0, 0.1) is 68.0 Å². The van der Waals surface area contributed by atoms with E-state index in [4.69, 9.17) is 9.47 Å². The van der Waals surface area contributed by atoms with E-state index >= 15 is 0 Å². The molecule has 0 amide bonds. The monoisotopic (exact) mass is 724 g/mol. The molecule has 5 aliphatic carbocycles. The van der Waals surface area contributed by atoms with Gasteiger partial charge in [-0.3, -0.25) is 19.3 Å². The van der Waals surface area contributed by atoms with Gasteiger partial charge < -0.3 is 14.6 Å². The van der Waals surface area contributed by atoms with Gasteiger partial charge in [0.2, 0.25) is 0 Å². The van der Waals surface area contributed by atoms with Crippen LogP contribution in [0.2, 0.25) is 0 Å². The molecule has 7 heteroatoms. The first-order valence-corrected chi connectivity index (χ1v) is 21.1. The summed E-state index contributed by atoms with van der Waals surface area (Å²) in [5.74, 6) is 2.35. The lowest BCUT2D eigenvalue weighted by molar-refractivity contribution is -0.251. The maximum Gasteiger partial charge on any atom is 0.320 e. The maximum atomic E-state index is 13.2. The number of hydrogen-bond acceptors (Lipinski definition) is 6. The second-order valence-electron chi connectivity index (χ2n) is 21.4. The number of nitrogens with zero attached hydrogens (tertiary/aromatic N) is 1. The SMILES string of the molecule is C=C(C)[C@@H]1CC[C@]2(CCOC(=O)CN3CCC(C)C3)CC[C@]3(C)[C@H](CC[C@@H]4[C@@]5(C)CC[C@H](OC(=O)CC(C)(C)CC(=O)O)C(C)(C)[C@@H]5CC[C@]43C)[C@@H]12. The van der Waals surface area contributed by atoms with Gasteiger partial charge in [0.15, 0.2) is 0 Å². The van der Waals surface area contributed by atoms with Crippen LogP contribution in [-0.4, -0.2) is 60.3 Å². The third-order valence-electron chi connectivity index (χ3n) is 17.4. The highest BCUT2D eigenvalue weighted by molar-refractivity contribution is 5.73. The summed E-state index contributed by atoms with van der Waals surface area (Å²) in [6.07, 6.45) is 13.8. The van der Waals surface area contributed by atoms with Crippen molar-refractivity contribution in [1.82, 2.24) is 4.90 Å². The zero-order valence-electron chi connectivity index (χ0n) is 34.4. The van der Waals surface area contributed by atoms with E-state index in [1.165, 1.54) is 56.9 Å². The number of ether oxygens (including phenoxy) is 2. The Balaban J connectivity index is 1.17. The van der Waals surface area contributed by atoms with Gasteiger partial charge in [-0.15, -0.1) is 0 Å². The molecule has 0 aromatic carbocycles. The molecule has 1 unspecified atom stereocenters. The number of carbonyl (C=O) groups is 3. The number of carboxylic acids is 1. The van der Waals surface area contributed by atoms with E-state index < -0.39 is 11.4 Å². The van der Waals surface area contributed by atoms with Crippen molar-refractivity contribution in [3.05, 3.63) is 12.2 Å². The van der Waals surface area contributed by atoms with Crippen LogP contribution in [0.15, 0.2) is 12.2 Å². The number of carbonyl (C=O) groups excluding carboxylic acids is 2. The average Bonchev–Trinajstić information content (AvgIpc) is 3.61. The first-order valence-electron chi connectivity index (χ1n) is 21.1. The molecule has 0 spiro atoms.